The quantitative estimate of drug-likeness (QED) is 0.742. The summed E-state index contributed by atoms with van der Waals surface area (Å²) in [5.41, 5.74) is 0.0696. The third-order valence-electron chi connectivity index (χ3n) is 2.42. The summed E-state index contributed by atoms with van der Waals surface area (Å²) in [5, 5.41) is 20.1. The molecule has 0 aromatic heterocycles. The fourth-order valence-electron chi connectivity index (χ4n) is 1.48. The van der Waals surface area contributed by atoms with Gasteiger partial charge >= 0.3 is 6.03 Å². The van der Waals surface area contributed by atoms with Crippen LogP contribution in [0.15, 0.2) is 22.7 Å². The van der Waals surface area contributed by atoms with E-state index in [1.807, 2.05) is 0 Å². The second kappa shape index (κ2) is 8.08. The van der Waals surface area contributed by atoms with Crippen molar-refractivity contribution in [1.82, 2.24) is 4.90 Å². The van der Waals surface area contributed by atoms with Crippen LogP contribution in [0, 0.1) is 5.82 Å². The second-order valence-electron chi connectivity index (χ2n) is 3.84. The number of nitrogens with zero attached hydrogens (tertiary/aromatic N) is 1. The monoisotopic (exact) mass is 334 g/mol. The summed E-state index contributed by atoms with van der Waals surface area (Å²) >= 11 is 3.13. The van der Waals surface area contributed by atoms with Crippen molar-refractivity contribution in [2.45, 2.75) is 6.42 Å². The number of aliphatic hydroxyl groups is 2. The van der Waals surface area contributed by atoms with Crippen LogP contribution in [0.2, 0.25) is 0 Å². The SMILES string of the molecule is O=C(Nc1ccc(Br)cc1F)N(CCO)CCCO. The molecule has 0 bridgehead atoms. The Kier molecular flexibility index (Phi) is 6.75. The summed E-state index contributed by atoms with van der Waals surface area (Å²) in [5.74, 6) is -0.547. The lowest BCUT2D eigenvalue weighted by Crippen LogP contribution is -2.38. The third kappa shape index (κ3) is 5.14. The summed E-state index contributed by atoms with van der Waals surface area (Å²) < 4.78 is 14.1. The van der Waals surface area contributed by atoms with Gasteiger partial charge in [-0.3, -0.25) is 0 Å². The summed E-state index contributed by atoms with van der Waals surface area (Å²) in [6.07, 6.45) is 0.399. The molecule has 5 nitrogen and oxygen atoms in total. The molecule has 0 atom stereocenters. The molecule has 1 rings (SSSR count). The lowest BCUT2D eigenvalue weighted by atomic mass is 10.3. The van der Waals surface area contributed by atoms with E-state index in [1.165, 1.54) is 17.0 Å². The van der Waals surface area contributed by atoms with Crippen molar-refractivity contribution in [3.8, 4) is 0 Å². The second-order valence-corrected chi connectivity index (χ2v) is 4.76. The van der Waals surface area contributed by atoms with Crippen LogP contribution in [0.1, 0.15) is 6.42 Å². The zero-order valence-corrected chi connectivity index (χ0v) is 11.9. The molecule has 0 fully saturated rings. The highest BCUT2D eigenvalue weighted by Gasteiger charge is 2.14. The van der Waals surface area contributed by atoms with E-state index in [9.17, 15) is 9.18 Å². The lowest BCUT2D eigenvalue weighted by molar-refractivity contribution is 0.180. The topological polar surface area (TPSA) is 72.8 Å². The van der Waals surface area contributed by atoms with Crippen LogP contribution in [-0.2, 0) is 0 Å². The van der Waals surface area contributed by atoms with Crippen LogP contribution in [0.5, 0.6) is 0 Å². The molecule has 2 amide bonds. The number of amides is 2. The van der Waals surface area contributed by atoms with Gasteiger partial charge in [0.1, 0.15) is 5.82 Å². The van der Waals surface area contributed by atoms with Crippen LogP contribution in [0.3, 0.4) is 0 Å². The first-order chi connectivity index (χ1) is 9.08. The van der Waals surface area contributed by atoms with Gasteiger partial charge in [-0.25, -0.2) is 9.18 Å². The van der Waals surface area contributed by atoms with Gasteiger partial charge in [0.2, 0.25) is 0 Å². The van der Waals surface area contributed by atoms with E-state index in [1.54, 1.807) is 6.07 Å². The van der Waals surface area contributed by atoms with Crippen molar-refractivity contribution < 1.29 is 19.4 Å². The molecule has 0 saturated carbocycles. The molecule has 19 heavy (non-hydrogen) atoms. The highest BCUT2D eigenvalue weighted by atomic mass is 79.9. The molecule has 1 aromatic carbocycles. The Labute approximate surface area is 119 Å². The molecule has 7 heteroatoms. The Morgan fingerprint density at radius 3 is 2.63 bits per heavy atom. The molecule has 0 heterocycles. The Morgan fingerprint density at radius 1 is 1.32 bits per heavy atom. The van der Waals surface area contributed by atoms with Gasteiger partial charge in [0.15, 0.2) is 0 Å². The van der Waals surface area contributed by atoms with E-state index in [2.05, 4.69) is 21.2 Å². The molecule has 0 saturated heterocycles. The molecule has 0 spiro atoms. The Balaban J connectivity index is 2.69. The molecule has 1 aromatic rings. The van der Waals surface area contributed by atoms with Crippen molar-refractivity contribution in [3.63, 3.8) is 0 Å². The van der Waals surface area contributed by atoms with Crippen LogP contribution < -0.4 is 5.32 Å². The van der Waals surface area contributed by atoms with E-state index in [4.69, 9.17) is 10.2 Å². The van der Waals surface area contributed by atoms with Gasteiger partial charge in [-0.2, -0.15) is 0 Å². The van der Waals surface area contributed by atoms with Crippen molar-refractivity contribution >= 4 is 27.6 Å². The van der Waals surface area contributed by atoms with Gasteiger partial charge in [0.05, 0.1) is 12.3 Å². The summed E-state index contributed by atoms with van der Waals surface area (Å²) in [6, 6.07) is 3.80. The molecule has 0 aliphatic rings. The average Bonchev–Trinajstić information content (AvgIpc) is 2.37. The molecule has 3 N–H and O–H groups in total. The minimum atomic E-state index is -0.547. The summed E-state index contributed by atoms with van der Waals surface area (Å²) in [7, 11) is 0. The first-order valence-electron chi connectivity index (χ1n) is 5.81. The standard InChI is InChI=1S/C12H16BrFN2O3/c13-9-2-3-11(10(14)8-9)15-12(19)16(5-7-18)4-1-6-17/h2-3,8,17-18H,1,4-7H2,(H,15,19). The van der Waals surface area contributed by atoms with Crippen molar-refractivity contribution in [1.29, 1.82) is 0 Å². The van der Waals surface area contributed by atoms with E-state index >= 15 is 0 Å². The molecule has 106 valence electrons. The average molecular weight is 335 g/mol. The molecule has 0 aliphatic carbocycles. The fraction of sp³-hybridized carbons (Fsp3) is 0.417. The van der Waals surface area contributed by atoms with Gasteiger partial charge in [-0.15, -0.1) is 0 Å². The molecule has 0 unspecified atom stereocenters. The van der Waals surface area contributed by atoms with Gasteiger partial charge in [0.25, 0.3) is 0 Å². The maximum atomic E-state index is 13.6. The Bertz CT molecular complexity index is 431. The molecule has 0 aliphatic heterocycles. The number of hydrogen-bond donors (Lipinski definition) is 3. The van der Waals surface area contributed by atoms with Crippen molar-refractivity contribution in [3.05, 3.63) is 28.5 Å². The van der Waals surface area contributed by atoms with Crippen molar-refractivity contribution in [2.24, 2.45) is 0 Å². The highest BCUT2D eigenvalue weighted by molar-refractivity contribution is 9.10. The summed E-state index contributed by atoms with van der Waals surface area (Å²) in [6.45, 7) is 0.175. The third-order valence-corrected chi connectivity index (χ3v) is 2.91. The minimum Gasteiger partial charge on any atom is -0.396 e. The van der Waals surface area contributed by atoms with Gasteiger partial charge in [0, 0.05) is 24.2 Å². The number of nitrogens with one attached hydrogen (secondary N) is 1. The minimum absolute atomic E-state index is 0.0537. The molecular weight excluding hydrogens is 319 g/mol. The van der Waals surface area contributed by atoms with Crippen LogP contribution >= 0.6 is 15.9 Å². The molecule has 0 radical (unpaired) electrons. The number of hydrogen-bond acceptors (Lipinski definition) is 3. The molecular formula is C12H16BrFN2O3. The van der Waals surface area contributed by atoms with Crippen LogP contribution in [-0.4, -0.2) is 47.4 Å². The highest BCUT2D eigenvalue weighted by Crippen LogP contribution is 2.19. The number of aliphatic hydroxyl groups excluding tert-OH is 2. The van der Waals surface area contributed by atoms with Gasteiger partial charge in [-0.05, 0) is 24.6 Å². The number of carbonyl (C=O) groups excluding carboxylic acids is 1. The number of anilines is 1. The Morgan fingerprint density at radius 2 is 2.05 bits per heavy atom. The lowest BCUT2D eigenvalue weighted by Gasteiger charge is -2.22. The fourth-order valence-corrected chi connectivity index (χ4v) is 1.82. The predicted octanol–water partition coefficient (Wildman–Crippen LogP) is 1.80. The van der Waals surface area contributed by atoms with Crippen molar-refractivity contribution in [2.75, 3.05) is 31.6 Å². The maximum Gasteiger partial charge on any atom is 0.322 e. The number of halogens is 2. The Hall–Kier alpha value is -1.18. The number of urea groups is 1. The van der Waals surface area contributed by atoms with Crippen LogP contribution in [0.25, 0.3) is 0 Å². The van der Waals surface area contributed by atoms with E-state index in [0.29, 0.717) is 17.4 Å². The van der Waals surface area contributed by atoms with E-state index in [0.717, 1.165) is 0 Å². The number of carbonyl (C=O) groups is 1. The largest absolute Gasteiger partial charge is 0.396 e. The number of rotatable bonds is 6. The number of benzene rings is 1. The van der Waals surface area contributed by atoms with Crippen LogP contribution in [0.4, 0.5) is 14.9 Å². The van der Waals surface area contributed by atoms with E-state index in [-0.39, 0.29) is 25.4 Å². The summed E-state index contributed by atoms with van der Waals surface area (Å²) in [4.78, 5) is 13.2. The zero-order chi connectivity index (χ0) is 14.3. The maximum absolute atomic E-state index is 13.6. The first kappa shape index (κ1) is 15.9. The normalized spacial score (nSPS) is 10.3. The van der Waals surface area contributed by atoms with E-state index < -0.39 is 11.8 Å². The van der Waals surface area contributed by atoms with Gasteiger partial charge < -0.3 is 20.4 Å². The first-order valence-corrected chi connectivity index (χ1v) is 6.60. The predicted molar refractivity (Wildman–Crippen MR) is 73.5 cm³/mol. The smallest absolute Gasteiger partial charge is 0.322 e. The zero-order valence-electron chi connectivity index (χ0n) is 10.3. The van der Waals surface area contributed by atoms with Gasteiger partial charge in [-0.1, -0.05) is 15.9 Å².